The summed E-state index contributed by atoms with van der Waals surface area (Å²) in [5.74, 6) is 0.115. The van der Waals surface area contributed by atoms with Crippen LogP contribution in [0.2, 0.25) is 0 Å². The molecule has 4 heteroatoms. The van der Waals surface area contributed by atoms with Gasteiger partial charge in [0, 0.05) is 18.6 Å². The molecule has 19 heavy (non-hydrogen) atoms. The third-order valence-corrected chi connectivity index (χ3v) is 5.37. The number of carbonyl (C=O) groups excluding carboxylic acids is 1. The van der Waals surface area contributed by atoms with Crippen LogP contribution in [0.3, 0.4) is 0 Å². The summed E-state index contributed by atoms with van der Waals surface area (Å²) < 4.78 is 0. The number of hydrogen-bond acceptors (Lipinski definition) is 3. The van der Waals surface area contributed by atoms with Crippen LogP contribution in [-0.2, 0) is 4.79 Å². The van der Waals surface area contributed by atoms with Crippen molar-refractivity contribution in [3.63, 3.8) is 0 Å². The number of carbonyl (C=O) groups is 1. The molecule has 1 amide bonds. The van der Waals surface area contributed by atoms with Crippen LogP contribution < -0.4 is 11.1 Å². The molecule has 1 saturated carbocycles. The molecule has 3 aliphatic rings. The zero-order valence-corrected chi connectivity index (χ0v) is 11.9. The van der Waals surface area contributed by atoms with Gasteiger partial charge in [-0.2, -0.15) is 0 Å². The van der Waals surface area contributed by atoms with E-state index in [2.05, 4.69) is 10.2 Å². The number of hydrogen-bond donors (Lipinski definition) is 2. The van der Waals surface area contributed by atoms with Gasteiger partial charge in [-0.1, -0.05) is 25.7 Å². The van der Waals surface area contributed by atoms with Crippen LogP contribution in [0, 0.1) is 0 Å². The monoisotopic (exact) mass is 265 g/mol. The fourth-order valence-electron chi connectivity index (χ4n) is 4.14. The first-order valence-corrected chi connectivity index (χ1v) is 8.03. The van der Waals surface area contributed by atoms with Crippen molar-refractivity contribution < 1.29 is 4.79 Å². The van der Waals surface area contributed by atoms with E-state index < -0.39 is 5.54 Å². The number of rotatable bonds is 2. The predicted molar refractivity (Wildman–Crippen MR) is 75.8 cm³/mol. The number of amides is 1. The molecule has 0 aromatic carbocycles. The standard InChI is InChI=1S/C15H27N3O/c16-15(8-3-1-4-9-15)14(19)17-12-7-11-18-10-5-2-6-13(12)18/h12-13H,1-11,16H2,(H,17,19). The molecule has 108 valence electrons. The van der Waals surface area contributed by atoms with Crippen molar-refractivity contribution in [2.75, 3.05) is 13.1 Å². The molecule has 0 aromatic rings. The second-order valence-corrected chi connectivity index (χ2v) is 6.68. The highest BCUT2D eigenvalue weighted by Gasteiger charge is 2.41. The van der Waals surface area contributed by atoms with Crippen molar-refractivity contribution in [2.24, 2.45) is 5.73 Å². The number of fused-ring (bicyclic) bond motifs is 1. The second-order valence-electron chi connectivity index (χ2n) is 6.68. The molecule has 2 heterocycles. The fourth-order valence-corrected chi connectivity index (χ4v) is 4.14. The molecule has 1 aliphatic carbocycles. The average Bonchev–Trinajstić information content (AvgIpc) is 2.83. The van der Waals surface area contributed by atoms with Crippen LogP contribution in [0.4, 0.5) is 0 Å². The lowest BCUT2D eigenvalue weighted by molar-refractivity contribution is -0.128. The molecule has 2 unspecified atom stereocenters. The van der Waals surface area contributed by atoms with Gasteiger partial charge in [0.1, 0.15) is 0 Å². The molecule has 3 rings (SSSR count). The number of piperidine rings is 1. The van der Waals surface area contributed by atoms with E-state index in [0.717, 1.165) is 38.6 Å². The quantitative estimate of drug-likeness (QED) is 0.793. The normalized spacial score (nSPS) is 34.8. The topological polar surface area (TPSA) is 58.4 Å². The fraction of sp³-hybridized carbons (Fsp3) is 0.933. The number of nitrogens with one attached hydrogen (secondary N) is 1. The Balaban J connectivity index is 1.60. The van der Waals surface area contributed by atoms with Crippen molar-refractivity contribution in [2.45, 2.75) is 75.4 Å². The van der Waals surface area contributed by atoms with Crippen LogP contribution in [0.15, 0.2) is 0 Å². The highest BCUT2D eigenvalue weighted by molar-refractivity contribution is 5.86. The molecule has 3 fully saturated rings. The van der Waals surface area contributed by atoms with Crippen LogP contribution in [0.25, 0.3) is 0 Å². The molecule has 0 aromatic heterocycles. The Morgan fingerprint density at radius 2 is 1.84 bits per heavy atom. The summed E-state index contributed by atoms with van der Waals surface area (Å²) in [7, 11) is 0. The molecular weight excluding hydrogens is 238 g/mol. The van der Waals surface area contributed by atoms with Gasteiger partial charge in [-0.05, 0) is 38.6 Å². The van der Waals surface area contributed by atoms with Crippen LogP contribution >= 0.6 is 0 Å². The highest BCUT2D eigenvalue weighted by Crippen LogP contribution is 2.29. The molecule has 3 N–H and O–H groups in total. The number of nitrogens with zero attached hydrogens (tertiary/aromatic N) is 1. The Morgan fingerprint density at radius 1 is 1.05 bits per heavy atom. The van der Waals surface area contributed by atoms with Crippen molar-refractivity contribution in [1.29, 1.82) is 0 Å². The maximum absolute atomic E-state index is 12.5. The van der Waals surface area contributed by atoms with Gasteiger partial charge in [0.25, 0.3) is 0 Å². The summed E-state index contributed by atoms with van der Waals surface area (Å²) in [6, 6.07) is 0.917. The highest BCUT2D eigenvalue weighted by atomic mass is 16.2. The van der Waals surface area contributed by atoms with Gasteiger partial charge >= 0.3 is 0 Å². The predicted octanol–water partition coefficient (Wildman–Crippen LogP) is 1.39. The van der Waals surface area contributed by atoms with E-state index >= 15 is 0 Å². The molecule has 0 radical (unpaired) electrons. The third kappa shape index (κ3) is 2.65. The maximum Gasteiger partial charge on any atom is 0.240 e. The van der Waals surface area contributed by atoms with Gasteiger partial charge < -0.3 is 11.1 Å². The van der Waals surface area contributed by atoms with E-state index in [1.165, 1.54) is 32.2 Å². The average molecular weight is 265 g/mol. The van der Waals surface area contributed by atoms with Crippen LogP contribution in [0.5, 0.6) is 0 Å². The van der Waals surface area contributed by atoms with E-state index in [1.807, 2.05) is 0 Å². The largest absolute Gasteiger partial charge is 0.350 e. The van der Waals surface area contributed by atoms with E-state index in [9.17, 15) is 4.79 Å². The minimum absolute atomic E-state index is 0.115. The lowest BCUT2D eigenvalue weighted by atomic mass is 9.81. The zero-order chi connectivity index (χ0) is 13.3. The Morgan fingerprint density at radius 3 is 2.63 bits per heavy atom. The van der Waals surface area contributed by atoms with Crippen molar-refractivity contribution >= 4 is 5.91 Å². The summed E-state index contributed by atoms with van der Waals surface area (Å²) in [6.07, 6.45) is 10.1. The second kappa shape index (κ2) is 5.41. The first-order valence-electron chi connectivity index (χ1n) is 8.03. The first-order chi connectivity index (χ1) is 9.19. The van der Waals surface area contributed by atoms with E-state index in [4.69, 9.17) is 5.73 Å². The Hall–Kier alpha value is -0.610. The SMILES string of the molecule is NC1(C(=O)NC2CCN3CCCCC23)CCCCC1. The van der Waals surface area contributed by atoms with E-state index in [1.54, 1.807) is 0 Å². The Kier molecular flexibility index (Phi) is 3.81. The minimum Gasteiger partial charge on any atom is -0.350 e. The summed E-state index contributed by atoms with van der Waals surface area (Å²) in [4.78, 5) is 15.0. The third-order valence-electron chi connectivity index (χ3n) is 5.37. The maximum atomic E-state index is 12.5. The van der Waals surface area contributed by atoms with Gasteiger partial charge in [-0.3, -0.25) is 9.69 Å². The van der Waals surface area contributed by atoms with E-state index in [-0.39, 0.29) is 5.91 Å². The molecule has 0 bridgehead atoms. The molecule has 2 saturated heterocycles. The summed E-state index contributed by atoms with van der Waals surface area (Å²) in [6.45, 7) is 2.36. The van der Waals surface area contributed by atoms with Gasteiger partial charge in [0.05, 0.1) is 5.54 Å². The molecule has 2 aliphatic heterocycles. The van der Waals surface area contributed by atoms with Crippen LogP contribution in [-0.4, -0.2) is 41.5 Å². The smallest absolute Gasteiger partial charge is 0.240 e. The van der Waals surface area contributed by atoms with Gasteiger partial charge in [-0.15, -0.1) is 0 Å². The van der Waals surface area contributed by atoms with Gasteiger partial charge in [0.15, 0.2) is 0 Å². The molecule has 4 nitrogen and oxygen atoms in total. The molecule has 2 atom stereocenters. The minimum atomic E-state index is -0.583. The lowest BCUT2D eigenvalue weighted by Crippen LogP contribution is -2.59. The van der Waals surface area contributed by atoms with Crippen molar-refractivity contribution in [1.82, 2.24) is 10.2 Å². The van der Waals surface area contributed by atoms with Gasteiger partial charge in [0.2, 0.25) is 5.91 Å². The number of nitrogens with two attached hydrogens (primary N) is 1. The lowest BCUT2D eigenvalue weighted by Gasteiger charge is -2.36. The molecule has 0 spiro atoms. The van der Waals surface area contributed by atoms with Crippen molar-refractivity contribution in [3.05, 3.63) is 0 Å². The summed E-state index contributed by atoms with van der Waals surface area (Å²) in [5, 5.41) is 3.28. The van der Waals surface area contributed by atoms with Crippen molar-refractivity contribution in [3.8, 4) is 0 Å². The summed E-state index contributed by atoms with van der Waals surface area (Å²) >= 11 is 0. The summed E-state index contributed by atoms with van der Waals surface area (Å²) in [5.41, 5.74) is 5.74. The first kappa shape index (κ1) is 13.4. The Labute approximate surface area is 116 Å². The molecular formula is C15H27N3O. The van der Waals surface area contributed by atoms with Crippen LogP contribution in [0.1, 0.15) is 57.8 Å². The Bertz CT molecular complexity index is 338. The van der Waals surface area contributed by atoms with Gasteiger partial charge in [-0.25, -0.2) is 0 Å². The van der Waals surface area contributed by atoms with E-state index in [0.29, 0.717) is 12.1 Å². The zero-order valence-electron chi connectivity index (χ0n) is 11.9.